The van der Waals surface area contributed by atoms with Gasteiger partial charge in [-0.25, -0.2) is 0 Å². The SMILES string of the molecule is O=C1CC[C@@H]2[C@H](C3CCCO3)CCC[C@]2(O)C1. The van der Waals surface area contributed by atoms with Gasteiger partial charge in [0.25, 0.3) is 0 Å². The molecule has 96 valence electrons. The van der Waals surface area contributed by atoms with Crippen molar-refractivity contribution in [2.45, 2.75) is 63.1 Å². The Morgan fingerprint density at radius 3 is 2.88 bits per heavy atom. The largest absolute Gasteiger partial charge is 0.389 e. The fourth-order valence-corrected chi connectivity index (χ4v) is 4.26. The predicted octanol–water partition coefficient (Wildman–Crippen LogP) is 2.07. The van der Waals surface area contributed by atoms with Crippen molar-refractivity contribution in [3.05, 3.63) is 0 Å². The van der Waals surface area contributed by atoms with Gasteiger partial charge in [-0.1, -0.05) is 6.42 Å². The Bertz CT molecular complexity index is 309. The summed E-state index contributed by atoms with van der Waals surface area (Å²) in [6.07, 6.45) is 7.61. The number of fused-ring (bicyclic) bond motifs is 1. The third kappa shape index (κ3) is 2.04. The first-order valence-corrected chi connectivity index (χ1v) is 7.05. The second-order valence-corrected chi connectivity index (χ2v) is 6.07. The Kier molecular flexibility index (Phi) is 2.99. The molecule has 0 amide bonds. The van der Waals surface area contributed by atoms with Crippen LogP contribution in [0.5, 0.6) is 0 Å². The molecule has 1 unspecified atom stereocenters. The third-order valence-electron chi connectivity index (χ3n) is 5.03. The Hall–Kier alpha value is -0.410. The molecule has 0 aromatic heterocycles. The average Bonchev–Trinajstić information content (AvgIpc) is 2.79. The number of hydrogen-bond acceptors (Lipinski definition) is 3. The number of carbonyl (C=O) groups is 1. The zero-order valence-electron chi connectivity index (χ0n) is 10.4. The monoisotopic (exact) mass is 238 g/mol. The van der Waals surface area contributed by atoms with Crippen molar-refractivity contribution in [3.63, 3.8) is 0 Å². The van der Waals surface area contributed by atoms with Crippen LogP contribution in [-0.2, 0) is 9.53 Å². The zero-order valence-corrected chi connectivity index (χ0v) is 10.4. The second-order valence-electron chi connectivity index (χ2n) is 6.07. The molecule has 3 aliphatic rings. The van der Waals surface area contributed by atoms with Gasteiger partial charge in [-0.2, -0.15) is 0 Å². The fourth-order valence-electron chi connectivity index (χ4n) is 4.26. The molecule has 3 heteroatoms. The summed E-state index contributed by atoms with van der Waals surface area (Å²) in [4.78, 5) is 11.6. The van der Waals surface area contributed by atoms with Crippen molar-refractivity contribution in [2.75, 3.05) is 6.61 Å². The minimum atomic E-state index is -0.704. The lowest BCUT2D eigenvalue weighted by molar-refractivity contribution is -0.149. The van der Waals surface area contributed by atoms with E-state index in [4.69, 9.17) is 4.74 Å². The molecule has 17 heavy (non-hydrogen) atoms. The topological polar surface area (TPSA) is 46.5 Å². The molecule has 0 spiro atoms. The second kappa shape index (κ2) is 4.36. The smallest absolute Gasteiger partial charge is 0.135 e. The Labute approximate surface area is 103 Å². The van der Waals surface area contributed by atoms with Crippen LogP contribution in [0.1, 0.15) is 51.4 Å². The maximum Gasteiger partial charge on any atom is 0.135 e. The van der Waals surface area contributed by atoms with Gasteiger partial charge in [0.05, 0.1) is 11.7 Å². The quantitative estimate of drug-likeness (QED) is 0.760. The van der Waals surface area contributed by atoms with Crippen LogP contribution >= 0.6 is 0 Å². The summed E-state index contributed by atoms with van der Waals surface area (Å²) in [6, 6.07) is 0. The van der Waals surface area contributed by atoms with Crippen molar-refractivity contribution >= 4 is 5.78 Å². The number of rotatable bonds is 1. The van der Waals surface area contributed by atoms with Crippen LogP contribution in [0.25, 0.3) is 0 Å². The summed E-state index contributed by atoms with van der Waals surface area (Å²) in [5.41, 5.74) is -0.704. The zero-order chi connectivity index (χ0) is 11.9. The fraction of sp³-hybridized carbons (Fsp3) is 0.929. The Balaban J connectivity index is 1.79. The van der Waals surface area contributed by atoms with Gasteiger partial charge in [-0.15, -0.1) is 0 Å². The molecule has 1 saturated heterocycles. The van der Waals surface area contributed by atoms with Crippen LogP contribution in [-0.4, -0.2) is 29.2 Å². The molecular weight excluding hydrogens is 216 g/mol. The van der Waals surface area contributed by atoms with Crippen molar-refractivity contribution in [1.29, 1.82) is 0 Å². The molecule has 3 nitrogen and oxygen atoms in total. The summed E-state index contributed by atoms with van der Waals surface area (Å²) < 4.78 is 5.82. The van der Waals surface area contributed by atoms with Crippen LogP contribution in [0, 0.1) is 11.8 Å². The average molecular weight is 238 g/mol. The standard InChI is InChI=1S/C14H22O3/c15-10-5-6-12-11(13-4-2-8-17-13)3-1-7-14(12,16)9-10/h11-13,16H,1-9H2/t11-,12-,13?,14+/m1/s1. The summed E-state index contributed by atoms with van der Waals surface area (Å²) in [7, 11) is 0. The molecule has 0 aromatic rings. The molecule has 2 saturated carbocycles. The highest BCUT2D eigenvalue weighted by Gasteiger charge is 2.50. The molecule has 4 atom stereocenters. The van der Waals surface area contributed by atoms with Crippen molar-refractivity contribution in [2.24, 2.45) is 11.8 Å². The lowest BCUT2D eigenvalue weighted by Crippen LogP contribution is -2.52. The van der Waals surface area contributed by atoms with E-state index in [9.17, 15) is 9.90 Å². The summed E-state index contributed by atoms with van der Waals surface area (Å²) in [5, 5.41) is 10.7. The van der Waals surface area contributed by atoms with Gasteiger partial charge in [-0.05, 0) is 43.9 Å². The van der Waals surface area contributed by atoms with Gasteiger partial charge in [0.2, 0.25) is 0 Å². The van der Waals surface area contributed by atoms with E-state index < -0.39 is 5.60 Å². The lowest BCUT2D eigenvalue weighted by atomic mass is 9.61. The van der Waals surface area contributed by atoms with E-state index in [1.54, 1.807) is 0 Å². The van der Waals surface area contributed by atoms with Gasteiger partial charge in [0.15, 0.2) is 0 Å². The van der Waals surface area contributed by atoms with Crippen LogP contribution in [0.2, 0.25) is 0 Å². The van der Waals surface area contributed by atoms with E-state index in [2.05, 4.69) is 0 Å². The van der Waals surface area contributed by atoms with E-state index >= 15 is 0 Å². The van der Waals surface area contributed by atoms with E-state index in [0.29, 0.717) is 30.8 Å². The van der Waals surface area contributed by atoms with Crippen LogP contribution in [0.4, 0.5) is 0 Å². The molecule has 3 fully saturated rings. The third-order valence-corrected chi connectivity index (χ3v) is 5.03. The number of hydrogen-bond donors (Lipinski definition) is 1. The van der Waals surface area contributed by atoms with Gasteiger partial charge in [0, 0.05) is 19.4 Å². The highest BCUT2D eigenvalue weighted by molar-refractivity contribution is 5.80. The van der Waals surface area contributed by atoms with Gasteiger partial charge < -0.3 is 9.84 Å². The van der Waals surface area contributed by atoms with Gasteiger partial charge in [-0.3, -0.25) is 4.79 Å². The Morgan fingerprint density at radius 2 is 2.12 bits per heavy atom. The van der Waals surface area contributed by atoms with Crippen LogP contribution in [0.3, 0.4) is 0 Å². The van der Waals surface area contributed by atoms with Gasteiger partial charge in [0.1, 0.15) is 5.78 Å². The van der Waals surface area contributed by atoms with Crippen molar-refractivity contribution in [1.82, 2.24) is 0 Å². The maximum atomic E-state index is 11.6. The molecule has 1 heterocycles. The first kappa shape index (κ1) is 11.7. The maximum absolute atomic E-state index is 11.6. The highest BCUT2D eigenvalue weighted by atomic mass is 16.5. The number of carbonyl (C=O) groups excluding carboxylic acids is 1. The van der Waals surface area contributed by atoms with Crippen LogP contribution < -0.4 is 0 Å². The van der Waals surface area contributed by atoms with E-state index in [1.807, 2.05) is 0 Å². The molecule has 0 bridgehead atoms. The molecule has 3 rings (SSSR count). The molecule has 0 aromatic carbocycles. The number of aliphatic hydroxyl groups is 1. The summed E-state index contributed by atoms with van der Waals surface area (Å²) >= 11 is 0. The van der Waals surface area contributed by atoms with Crippen LogP contribution in [0.15, 0.2) is 0 Å². The molecule has 1 aliphatic heterocycles. The first-order chi connectivity index (χ1) is 8.19. The van der Waals surface area contributed by atoms with Gasteiger partial charge >= 0.3 is 0 Å². The van der Waals surface area contributed by atoms with E-state index in [-0.39, 0.29) is 5.78 Å². The number of ketones is 1. The summed E-state index contributed by atoms with van der Waals surface area (Å²) in [5.74, 6) is 1.04. The molecule has 0 radical (unpaired) electrons. The first-order valence-electron chi connectivity index (χ1n) is 7.05. The summed E-state index contributed by atoms with van der Waals surface area (Å²) in [6.45, 7) is 0.880. The molecule has 2 aliphatic carbocycles. The molecular formula is C14H22O3. The minimum Gasteiger partial charge on any atom is -0.389 e. The molecule has 1 N–H and O–H groups in total. The van der Waals surface area contributed by atoms with E-state index in [0.717, 1.165) is 38.7 Å². The highest BCUT2D eigenvalue weighted by Crippen LogP contribution is 2.48. The van der Waals surface area contributed by atoms with Crippen molar-refractivity contribution in [3.8, 4) is 0 Å². The minimum absolute atomic E-state index is 0.247. The predicted molar refractivity (Wildman–Crippen MR) is 63.6 cm³/mol. The number of ether oxygens (including phenoxy) is 1. The number of Topliss-reactive ketones (excluding diaryl/α,β-unsaturated/α-hetero) is 1. The van der Waals surface area contributed by atoms with Crippen molar-refractivity contribution < 1.29 is 14.6 Å². The van der Waals surface area contributed by atoms with E-state index in [1.165, 1.54) is 6.42 Å². The lowest BCUT2D eigenvalue weighted by Gasteiger charge is -2.48. The normalized spacial score (nSPS) is 46.9. The Morgan fingerprint density at radius 1 is 1.24 bits per heavy atom.